The van der Waals surface area contributed by atoms with Crippen LogP contribution in [0.1, 0.15) is 22.3 Å². The van der Waals surface area contributed by atoms with E-state index in [1.165, 1.54) is 12.7 Å². The number of carbonyl (C=O) groups excluding carboxylic acids is 1. The van der Waals surface area contributed by atoms with E-state index in [1.54, 1.807) is 0 Å². The van der Waals surface area contributed by atoms with E-state index >= 15 is 0 Å². The highest BCUT2D eigenvalue weighted by Gasteiger charge is 2.09. The van der Waals surface area contributed by atoms with Crippen molar-refractivity contribution >= 4 is 44.5 Å². The lowest BCUT2D eigenvalue weighted by atomic mass is 10.1. The number of hydrogen-bond donors (Lipinski definition) is 0. The smallest absolute Gasteiger partial charge is 0.338 e. The van der Waals surface area contributed by atoms with Gasteiger partial charge in [0.25, 0.3) is 0 Å². The van der Waals surface area contributed by atoms with Crippen molar-refractivity contribution in [1.82, 2.24) is 0 Å². The van der Waals surface area contributed by atoms with Gasteiger partial charge < -0.3 is 4.74 Å². The van der Waals surface area contributed by atoms with E-state index in [4.69, 9.17) is 0 Å². The minimum Gasteiger partial charge on any atom is -0.465 e. The number of halogens is 2. The van der Waals surface area contributed by atoms with Gasteiger partial charge in [0.2, 0.25) is 0 Å². The number of alkyl halides is 1. The Morgan fingerprint density at radius 2 is 2.27 bits per heavy atom. The summed E-state index contributed by atoms with van der Waals surface area (Å²) >= 11 is 5.56. The molecule has 82 valence electrons. The highest BCUT2D eigenvalue weighted by Crippen LogP contribution is 2.16. The van der Waals surface area contributed by atoms with Crippen molar-refractivity contribution in [2.24, 2.45) is 0 Å². The Balaban J connectivity index is 2.83. The molecule has 0 saturated heterocycles. The Bertz CT molecular complexity index is 352. The molecule has 1 rings (SSSR count). The SMILES string of the molecule is COC(=O)c1ccc(CCCBr)cc1I. The molecule has 1 aromatic rings. The van der Waals surface area contributed by atoms with Crippen molar-refractivity contribution < 1.29 is 9.53 Å². The molecule has 0 fully saturated rings. The largest absolute Gasteiger partial charge is 0.465 e. The van der Waals surface area contributed by atoms with Crippen LogP contribution in [0.2, 0.25) is 0 Å². The summed E-state index contributed by atoms with van der Waals surface area (Å²) in [7, 11) is 1.40. The minimum absolute atomic E-state index is 0.272. The first kappa shape index (κ1) is 13.0. The third-order valence-corrected chi connectivity index (χ3v) is 3.49. The number of benzene rings is 1. The van der Waals surface area contributed by atoms with Crippen LogP contribution in [0.15, 0.2) is 18.2 Å². The molecule has 15 heavy (non-hydrogen) atoms. The summed E-state index contributed by atoms with van der Waals surface area (Å²) < 4.78 is 5.64. The second-order valence-corrected chi connectivity index (χ2v) is 5.05. The first-order valence-electron chi connectivity index (χ1n) is 4.61. The van der Waals surface area contributed by atoms with E-state index in [2.05, 4.69) is 43.3 Å². The topological polar surface area (TPSA) is 26.3 Å². The predicted molar refractivity (Wildman–Crippen MR) is 72.6 cm³/mol. The molecule has 0 unspecified atom stereocenters. The normalized spacial score (nSPS) is 10.1. The highest BCUT2D eigenvalue weighted by atomic mass is 127. The van der Waals surface area contributed by atoms with Gasteiger partial charge >= 0.3 is 5.97 Å². The van der Waals surface area contributed by atoms with Gasteiger partial charge in [-0.05, 0) is 53.1 Å². The van der Waals surface area contributed by atoms with Crippen molar-refractivity contribution in [2.45, 2.75) is 12.8 Å². The zero-order chi connectivity index (χ0) is 11.3. The molecular weight excluding hydrogens is 371 g/mol. The van der Waals surface area contributed by atoms with Crippen molar-refractivity contribution in [3.05, 3.63) is 32.9 Å². The number of aryl methyl sites for hydroxylation is 1. The van der Waals surface area contributed by atoms with Gasteiger partial charge in [0.1, 0.15) is 0 Å². The van der Waals surface area contributed by atoms with Crippen LogP contribution in [0.3, 0.4) is 0 Å². The van der Waals surface area contributed by atoms with Crippen molar-refractivity contribution in [1.29, 1.82) is 0 Å². The van der Waals surface area contributed by atoms with Crippen LogP contribution in [0.5, 0.6) is 0 Å². The molecular formula is C11H12BrIO2. The lowest BCUT2D eigenvalue weighted by Gasteiger charge is -2.05. The Labute approximate surface area is 112 Å². The fourth-order valence-electron chi connectivity index (χ4n) is 1.26. The molecule has 4 heteroatoms. The standard InChI is InChI=1S/C11H12BrIO2/c1-15-11(14)9-5-4-8(3-2-6-12)7-10(9)13/h4-5,7H,2-3,6H2,1H3. The third kappa shape index (κ3) is 3.75. The minimum atomic E-state index is -0.272. The summed E-state index contributed by atoms with van der Waals surface area (Å²) in [6, 6.07) is 5.85. The van der Waals surface area contributed by atoms with Gasteiger partial charge in [-0.15, -0.1) is 0 Å². The van der Waals surface area contributed by atoms with Gasteiger partial charge in [0, 0.05) is 8.90 Å². The summed E-state index contributed by atoms with van der Waals surface area (Å²) in [6.07, 6.45) is 2.14. The second-order valence-electron chi connectivity index (χ2n) is 3.10. The number of carbonyl (C=O) groups is 1. The quantitative estimate of drug-likeness (QED) is 0.453. The summed E-state index contributed by atoms with van der Waals surface area (Å²) in [5, 5.41) is 1.00. The fourth-order valence-corrected chi connectivity index (χ4v) is 2.34. The molecule has 0 radical (unpaired) electrons. The lowest BCUT2D eigenvalue weighted by Crippen LogP contribution is -2.04. The molecule has 1 aromatic carbocycles. The highest BCUT2D eigenvalue weighted by molar-refractivity contribution is 14.1. The molecule has 0 aliphatic carbocycles. The molecule has 0 saturated carbocycles. The van der Waals surface area contributed by atoms with Gasteiger partial charge in [0.15, 0.2) is 0 Å². The van der Waals surface area contributed by atoms with Gasteiger partial charge in [-0.2, -0.15) is 0 Å². The molecule has 2 nitrogen and oxygen atoms in total. The van der Waals surface area contributed by atoms with Gasteiger partial charge in [0.05, 0.1) is 12.7 Å². The van der Waals surface area contributed by atoms with Crippen LogP contribution >= 0.6 is 38.5 Å². The molecule has 0 aromatic heterocycles. The number of methoxy groups -OCH3 is 1. The van der Waals surface area contributed by atoms with Crippen molar-refractivity contribution in [3.8, 4) is 0 Å². The van der Waals surface area contributed by atoms with E-state index < -0.39 is 0 Å². The van der Waals surface area contributed by atoms with Crippen LogP contribution in [0.4, 0.5) is 0 Å². The second kappa shape index (κ2) is 6.48. The predicted octanol–water partition coefficient (Wildman–Crippen LogP) is 3.41. The molecule has 0 bridgehead atoms. The Morgan fingerprint density at radius 3 is 2.80 bits per heavy atom. The zero-order valence-electron chi connectivity index (χ0n) is 8.43. The molecule has 0 spiro atoms. The maximum Gasteiger partial charge on any atom is 0.338 e. The average Bonchev–Trinajstić information content (AvgIpc) is 2.25. The maximum absolute atomic E-state index is 11.3. The van der Waals surface area contributed by atoms with Crippen LogP contribution in [-0.4, -0.2) is 18.4 Å². The van der Waals surface area contributed by atoms with E-state index in [1.807, 2.05) is 18.2 Å². The Morgan fingerprint density at radius 1 is 1.53 bits per heavy atom. The van der Waals surface area contributed by atoms with E-state index in [0.717, 1.165) is 21.7 Å². The number of esters is 1. The summed E-state index contributed by atoms with van der Waals surface area (Å²) in [5.41, 5.74) is 1.90. The van der Waals surface area contributed by atoms with Crippen LogP contribution in [0.25, 0.3) is 0 Å². The molecule has 0 N–H and O–H groups in total. The molecule has 0 aliphatic heterocycles. The van der Waals surface area contributed by atoms with Crippen LogP contribution in [-0.2, 0) is 11.2 Å². The average molecular weight is 383 g/mol. The lowest BCUT2D eigenvalue weighted by molar-refractivity contribution is 0.0599. The van der Waals surface area contributed by atoms with Crippen LogP contribution in [0, 0.1) is 3.57 Å². The third-order valence-electron chi connectivity index (χ3n) is 2.04. The molecule has 0 heterocycles. The number of rotatable bonds is 4. The van der Waals surface area contributed by atoms with Gasteiger partial charge in [-0.25, -0.2) is 4.79 Å². The van der Waals surface area contributed by atoms with E-state index in [-0.39, 0.29) is 5.97 Å². The molecule has 0 amide bonds. The molecule has 0 aliphatic rings. The zero-order valence-corrected chi connectivity index (χ0v) is 12.2. The monoisotopic (exact) mass is 382 g/mol. The summed E-state index contributed by atoms with van der Waals surface area (Å²) in [4.78, 5) is 11.3. The van der Waals surface area contributed by atoms with E-state index in [0.29, 0.717) is 5.56 Å². The Hall–Kier alpha value is -0.100. The maximum atomic E-state index is 11.3. The first-order valence-corrected chi connectivity index (χ1v) is 6.81. The van der Waals surface area contributed by atoms with Crippen molar-refractivity contribution in [2.75, 3.05) is 12.4 Å². The fraction of sp³-hybridized carbons (Fsp3) is 0.364. The van der Waals surface area contributed by atoms with Crippen LogP contribution < -0.4 is 0 Å². The number of hydrogen-bond acceptors (Lipinski definition) is 2. The van der Waals surface area contributed by atoms with Gasteiger partial charge in [-0.3, -0.25) is 0 Å². The first-order chi connectivity index (χ1) is 7.19. The Kier molecular flexibility index (Phi) is 5.60. The molecule has 0 atom stereocenters. The van der Waals surface area contributed by atoms with E-state index in [9.17, 15) is 4.79 Å². The summed E-state index contributed by atoms with van der Waals surface area (Å²) in [5.74, 6) is -0.272. The van der Waals surface area contributed by atoms with Gasteiger partial charge in [-0.1, -0.05) is 22.0 Å². The summed E-state index contributed by atoms with van der Waals surface area (Å²) in [6.45, 7) is 0. The van der Waals surface area contributed by atoms with Crippen molar-refractivity contribution in [3.63, 3.8) is 0 Å². The number of ether oxygens (including phenoxy) is 1.